The molecule has 19 heavy (non-hydrogen) atoms. The summed E-state index contributed by atoms with van der Waals surface area (Å²) in [6.07, 6.45) is 0. The Morgan fingerprint density at radius 3 is 2.37 bits per heavy atom. The van der Waals surface area contributed by atoms with E-state index in [1.54, 1.807) is 18.2 Å². The zero-order valence-corrected chi connectivity index (χ0v) is 10.9. The van der Waals surface area contributed by atoms with Gasteiger partial charge in [0.05, 0.1) is 14.2 Å². The number of carbonyl (C=O) groups is 2. The largest absolute Gasteiger partial charge is 0.493 e. The molecule has 0 bridgehead atoms. The average Bonchev–Trinajstić information content (AvgIpc) is 2.38. The monoisotopic (exact) mass is 268 g/mol. The maximum Gasteiger partial charge on any atom is 0.325 e. The van der Waals surface area contributed by atoms with E-state index in [0.29, 0.717) is 17.2 Å². The van der Waals surface area contributed by atoms with Crippen LogP contribution in [0, 0.1) is 0 Å². The van der Waals surface area contributed by atoms with Crippen LogP contribution in [0.1, 0.15) is 6.92 Å². The van der Waals surface area contributed by atoms with Gasteiger partial charge in [0.2, 0.25) is 0 Å². The van der Waals surface area contributed by atoms with Gasteiger partial charge in [-0.05, 0) is 19.1 Å². The summed E-state index contributed by atoms with van der Waals surface area (Å²) in [5, 5.41) is 13.4. The van der Waals surface area contributed by atoms with Crippen LogP contribution in [0.3, 0.4) is 0 Å². The second-order valence-electron chi connectivity index (χ2n) is 3.73. The van der Waals surface area contributed by atoms with Gasteiger partial charge in [0.15, 0.2) is 11.5 Å². The van der Waals surface area contributed by atoms with Gasteiger partial charge in [-0.1, -0.05) is 0 Å². The van der Waals surface area contributed by atoms with E-state index in [9.17, 15) is 9.59 Å². The van der Waals surface area contributed by atoms with Gasteiger partial charge in [0.1, 0.15) is 6.04 Å². The Balaban J connectivity index is 2.72. The minimum absolute atomic E-state index is 0.464. The zero-order valence-electron chi connectivity index (χ0n) is 10.9. The van der Waals surface area contributed by atoms with Crippen LogP contribution < -0.4 is 20.1 Å². The first kappa shape index (κ1) is 14.6. The van der Waals surface area contributed by atoms with Crippen molar-refractivity contribution in [2.24, 2.45) is 0 Å². The third kappa shape index (κ3) is 4.06. The van der Waals surface area contributed by atoms with Crippen LogP contribution in [0.4, 0.5) is 10.5 Å². The van der Waals surface area contributed by atoms with Gasteiger partial charge in [-0.2, -0.15) is 0 Å². The SMILES string of the molecule is COc1ccc(NC(=O)N[C@@H](C)C(=O)O)cc1OC. The number of hydrogen-bond acceptors (Lipinski definition) is 4. The first-order chi connectivity index (χ1) is 8.97. The molecule has 0 saturated heterocycles. The summed E-state index contributed by atoms with van der Waals surface area (Å²) < 4.78 is 10.1. The van der Waals surface area contributed by atoms with Gasteiger partial charge in [-0.15, -0.1) is 0 Å². The van der Waals surface area contributed by atoms with Gasteiger partial charge in [0, 0.05) is 11.8 Å². The molecular weight excluding hydrogens is 252 g/mol. The Kier molecular flexibility index (Phi) is 4.99. The van der Waals surface area contributed by atoms with E-state index in [1.165, 1.54) is 21.1 Å². The molecule has 1 rings (SSSR count). The van der Waals surface area contributed by atoms with E-state index in [1.807, 2.05) is 0 Å². The van der Waals surface area contributed by atoms with Crippen molar-refractivity contribution in [1.82, 2.24) is 5.32 Å². The molecule has 1 atom stereocenters. The molecule has 0 fully saturated rings. The van der Waals surface area contributed by atoms with Crippen LogP contribution in [-0.4, -0.2) is 37.4 Å². The number of carboxylic acid groups (broad SMARTS) is 1. The number of amides is 2. The predicted molar refractivity (Wildman–Crippen MR) is 68.8 cm³/mol. The molecule has 0 aliphatic rings. The Bertz CT molecular complexity index is 475. The second-order valence-corrected chi connectivity index (χ2v) is 3.73. The molecule has 0 aliphatic carbocycles. The fourth-order valence-corrected chi connectivity index (χ4v) is 1.34. The first-order valence-electron chi connectivity index (χ1n) is 5.50. The summed E-state index contributed by atoms with van der Waals surface area (Å²) in [4.78, 5) is 22.1. The molecule has 7 heteroatoms. The minimum Gasteiger partial charge on any atom is -0.493 e. The normalized spacial score (nSPS) is 11.3. The Morgan fingerprint density at radius 1 is 1.21 bits per heavy atom. The van der Waals surface area contributed by atoms with Gasteiger partial charge in [-0.25, -0.2) is 4.79 Å². The number of ether oxygens (including phenoxy) is 2. The number of aliphatic carboxylic acids is 1. The minimum atomic E-state index is -1.11. The number of carboxylic acids is 1. The summed E-state index contributed by atoms with van der Waals surface area (Å²) in [6.45, 7) is 1.37. The summed E-state index contributed by atoms with van der Waals surface area (Å²) in [5.74, 6) is -0.110. The highest BCUT2D eigenvalue weighted by molar-refractivity contribution is 5.92. The van der Waals surface area contributed by atoms with Crippen molar-refractivity contribution in [2.75, 3.05) is 19.5 Å². The number of methoxy groups -OCH3 is 2. The molecule has 1 aromatic carbocycles. The molecule has 0 radical (unpaired) electrons. The number of anilines is 1. The molecule has 104 valence electrons. The number of rotatable bonds is 5. The van der Waals surface area contributed by atoms with Crippen LogP contribution in [-0.2, 0) is 4.79 Å². The summed E-state index contributed by atoms with van der Waals surface area (Å²) in [5.41, 5.74) is 0.465. The quantitative estimate of drug-likeness (QED) is 0.747. The van der Waals surface area contributed by atoms with Gasteiger partial charge in [0.25, 0.3) is 0 Å². The third-order valence-electron chi connectivity index (χ3n) is 2.36. The number of nitrogens with one attached hydrogen (secondary N) is 2. The molecule has 0 spiro atoms. The van der Waals surface area contributed by atoms with Crippen LogP contribution in [0.15, 0.2) is 18.2 Å². The maximum atomic E-state index is 11.5. The van der Waals surface area contributed by atoms with E-state index in [4.69, 9.17) is 14.6 Å². The lowest BCUT2D eigenvalue weighted by Gasteiger charge is -2.12. The van der Waals surface area contributed by atoms with Crippen molar-refractivity contribution >= 4 is 17.7 Å². The predicted octanol–water partition coefficient (Wildman–Crippen LogP) is 1.30. The lowest BCUT2D eigenvalue weighted by Crippen LogP contribution is -2.40. The Labute approximate surface area is 110 Å². The topological polar surface area (TPSA) is 96.9 Å². The van der Waals surface area contributed by atoms with E-state index in [2.05, 4.69) is 10.6 Å². The van der Waals surface area contributed by atoms with Crippen molar-refractivity contribution in [3.63, 3.8) is 0 Å². The summed E-state index contributed by atoms with van der Waals surface area (Å²) in [6, 6.07) is 3.24. The fourth-order valence-electron chi connectivity index (χ4n) is 1.34. The molecule has 0 aromatic heterocycles. The Hall–Kier alpha value is -2.44. The molecular formula is C12H16N2O5. The van der Waals surface area contributed by atoms with Crippen LogP contribution in [0.2, 0.25) is 0 Å². The van der Waals surface area contributed by atoms with Gasteiger partial charge < -0.3 is 25.2 Å². The highest BCUT2D eigenvalue weighted by atomic mass is 16.5. The lowest BCUT2D eigenvalue weighted by molar-refractivity contribution is -0.138. The van der Waals surface area contributed by atoms with Crippen LogP contribution in [0.5, 0.6) is 11.5 Å². The second kappa shape index (κ2) is 6.48. The maximum absolute atomic E-state index is 11.5. The van der Waals surface area contributed by atoms with E-state index in [0.717, 1.165) is 0 Å². The van der Waals surface area contributed by atoms with E-state index < -0.39 is 18.0 Å². The molecule has 7 nitrogen and oxygen atoms in total. The van der Waals surface area contributed by atoms with Gasteiger partial charge >= 0.3 is 12.0 Å². The highest BCUT2D eigenvalue weighted by Crippen LogP contribution is 2.29. The molecule has 0 heterocycles. The fraction of sp³-hybridized carbons (Fsp3) is 0.333. The number of carbonyl (C=O) groups excluding carboxylic acids is 1. The van der Waals surface area contributed by atoms with Crippen LogP contribution >= 0.6 is 0 Å². The Morgan fingerprint density at radius 2 is 1.84 bits per heavy atom. The lowest BCUT2D eigenvalue weighted by atomic mass is 10.2. The van der Waals surface area contributed by atoms with Crippen molar-refractivity contribution in [2.45, 2.75) is 13.0 Å². The smallest absolute Gasteiger partial charge is 0.325 e. The highest BCUT2D eigenvalue weighted by Gasteiger charge is 2.14. The van der Waals surface area contributed by atoms with E-state index in [-0.39, 0.29) is 0 Å². The number of benzene rings is 1. The summed E-state index contributed by atoms with van der Waals surface area (Å²) >= 11 is 0. The van der Waals surface area contributed by atoms with Crippen molar-refractivity contribution in [3.05, 3.63) is 18.2 Å². The van der Waals surface area contributed by atoms with Crippen molar-refractivity contribution in [1.29, 1.82) is 0 Å². The van der Waals surface area contributed by atoms with Crippen LogP contribution in [0.25, 0.3) is 0 Å². The molecule has 2 amide bonds. The third-order valence-corrected chi connectivity index (χ3v) is 2.36. The number of urea groups is 1. The molecule has 0 aliphatic heterocycles. The molecule has 0 unspecified atom stereocenters. The summed E-state index contributed by atoms with van der Waals surface area (Å²) in [7, 11) is 2.99. The number of hydrogen-bond donors (Lipinski definition) is 3. The van der Waals surface area contributed by atoms with Crippen molar-refractivity contribution < 1.29 is 24.2 Å². The van der Waals surface area contributed by atoms with Gasteiger partial charge in [-0.3, -0.25) is 4.79 Å². The molecule has 0 saturated carbocycles. The van der Waals surface area contributed by atoms with Crippen molar-refractivity contribution in [3.8, 4) is 11.5 Å². The molecule has 3 N–H and O–H groups in total. The standard InChI is InChI=1S/C12H16N2O5/c1-7(11(15)16)13-12(17)14-8-4-5-9(18-2)10(6-8)19-3/h4-7H,1-3H3,(H,15,16)(H2,13,14,17)/t7-/m0/s1. The molecule has 1 aromatic rings. The average molecular weight is 268 g/mol. The van der Waals surface area contributed by atoms with E-state index >= 15 is 0 Å². The first-order valence-corrected chi connectivity index (χ1v) is 5.50. The zero-order chi connectivity index (χ0) is 14.4.